The first-order valence-electron chi connectivity index (χ1n) is 8.27. The standard InChI is InChI=1S/C19H13F4N3O2/c1-2-9-17(14-15(22)10(20)6-11(21)16(14)23)26(19(28)18(9)27)8-3-4-12-13(5-8)25-7-24-12/h3-7,27-28H,2H2,1H3,(H,24,25). The number of nitrogens with one attached hydrogen (secondary N) is 1. The van der Waals surface area contributed by atoms with Gasteiger partial charge in [0.25, 0.3) is 0 Å². The highest BCUT2D eigenvalue weighted by atomic mass is 19.2. The quantitative estimate of drug-likeness (QED) is 0.354. The van der Waals surface area contributed by atoms with Gasteiger partial charge in [0.2, 0.25) is 5.88 Å². The number of nitrogens with zero attached hydrogens (tertiary/aromatic N) is 2. The smallest absolute Gasteiger partial charge is 0.240 e. The number of imidazole rings is 1. The second kappa shape index (κ2) is 6.29. The van der Waals surface area contributed by atoms with Gasteiger partial charge in [-0.1, -0.05) is 6.92 Å². The highest BCUT2D eigenvalue weighted by Gasteiger charge is 2.30. The summed E-state index contributed by atoms with van der Waals surface area (Å²) in [4.78, 5) is 6.90. The lowest BCUT2D eigenvalue weighted by atomic mass is 10.0. The molecule has 0 aliphatic heterocycles. The average Bonchev–Trinajstić information content (AvgIpc) is 3.23. The van der Waals surface area contributed by atoms with Crippen LogP contribution in [-0.4, -0.2) is 24.7 Å². The molecule has 0 spiro atoms. The molecule has 144 valence electrons. The van der Waals surface area contributed by atoms with Gasteiger partial charge in [0.1, 0.15) is 0 Å². The number of halogens is 4. The van der Waals surface area contributed by atoms with E-state index >= 15 is 0 Å². The van der Waals surface area contributed by atoms with E-state index in [1.165, 1.54) is 18.5 Å². The van der Waals surface area contributed by atoms with Crippen molar-refractivity contribution < 1.29 is 27.8 Å². The maximum Gasteiger partial charge on any atom is 0.240 e. The fourth-order valence-electron chi connectivity index (χ4n) is 3.29. The summed E-state index contributed by atoms with van der Waals surface area (Å²) in [6.45, 7) is 1.56. The van der Waals surface area contributed by atoms with Crippen LogP contribution in [-0.2, 0) is 6.42 Å². The van der Waals surface area contributed by atoms with Crippen LogP contribution in [0.25, 0.3) is 28.0 Å². The molecular weight excluding hydrogens is 378 g/mol. The lowest BCUT2D eigenvalue weighted by Crippen LogP contribution is -2.05. The number of fused-ring (bicyclic) bond motifs is 1. The Kier molecular flexibility index (Phi) is 4.02. The second-order valence-electron chi connectivity index (χ2n) is 6.14. The summed E-state index contributed by atoms with van der Waals surface area (Å²) in [6, 6.07) is 4.67. The SMILES string of the molecule is CCc1c(O)c(O)n(-c2ccc3nc[nH]c3c2)c1-c1c(F)c(F)cc(F)c1F. The zero-order valence-corrected chi connectivity index (χ0v) is 14.4. The van der Waals surface area contributed by atoms with Crippen molar-refractivity contribution >= 4 is 11.0 Å². The van der Waals surface area contributed by atoms with Gasteiger partial charge in [-0.2, -0.15) is 0 Å². The minimum Gasteiger partial charge on any atom is -0.503 e. The molecule has 2 aromatic carbocycles. The van der Waals surface area contributed by atoms with E-state index < -0.39 is 40.5 Å². The molecule has 9 heteroatoms. The number of rotatable bonds is 3. The van der Waals surface area contributed by atoms with Gasteiger partial charge in [-0.25, -0.2) is 22.5 Å². The Hall–Kier alpha value is -3.49. The minimum absolute atomic E-state index is 0.0328. The Balaban J connectivity index is 2.13. The van der Waals surface area contributed by atoms with E-state index in [1.54, 1.807) is 13.0 Å². The summed E-state index contributed by atoms with van der Waals surface area (Å²) in [5.41, 5.74) is -0.140. The van der Waals surface area contributed by atoms with Crippen LogP contribution in [0.5, 0.6) is 11.6 Å². The topological polar surface area (TPSA) is 74.1 Å². The number of hydrogen-bond donors (Lipinski definition) is 3. The zero-order chi connectivity index (χ0) is 20.2. The third-order valence-electron chi connectivity index (χ3n) is 4.58. The molecule has 3 N–H and O–H groups in total. The molecule has 2 aromatic heterocycles. The van der Waals surface area contributed by atoms with Crippen molar-refractivity contribution in [1.82, 2.24) is 14.5 Å². The Morgan fingerprint density at radius 2 is 1.71 bits per heavy atom. The van der Waals surface area contributed by atoms with Gasteiger partial charge >= 0.3 is 0 Å². The van der Waals surface area contributed by atoms with E-state index in [4.69, 9.17) is 0 Å². The van der Waals surface area contributed by atoms with Crippen LogP contribution in [0, 0.1) is 23.3 Å². The van der Waals surface area contributed by atoms with Crippen LogP contribution < -0.4 is 0 Å². The molecule has 0 aliphatic rings. The van der Waals surface area contributed by atoms with E-state index in [0.717, 1.165) is 4.57 Å². The van der Waals surface area contributed by atoms with Gasteiger partial charge in [-0.15, -0.1) is 0 Å². The van der Waals surface area contributed by atoms with Crippen LogP contribution in [0.2, 0.25) is 0 Å². The van der Waals surface area contributed by atoms with Crippen molar-refractivity contribution in [2.24, 2.45) is 0 Å². The normalized spacial score (nSPS) is 11.5. The zero-order valence-electron chi connectivity index (χ0n) is 14.4. The van der Waals surface area contributed by atoms with Crippen LogP contribution >= 0.6 is 0 Å². The molecule has 2 heterocycles. The van der Waals surface area contributed by atoms with Gasteiger partial charge in [-0.3, -0.25) is 4.57 Å². The summed E-state index contributed by atoms with van der Waals surface area (Å²) < 4.78 is 57.6. The van der Waals surface area contributed by atoms with Gasteiger partial charge < -0.3 is 15.2 Å². The number of aromatic amines is 1. The van der Waals surface area contributed by atoms with Crippen molar-refractivity contribution in [3.8, 4) is 28.6 Å². The third-order valence-corrected chi connectivity index (χ3v) is 4.58. The summed E-state index contributed by atoms with van der Waals surface area (Å²) in [7, 11) is 0. The van der Waals surface area contributed by atoms with Crippen molar-refractivity contribution in [1.29, 1.82) is 0 Å². The van der Waals surface area contributed by atoms with Crippen LogP contribution in [0.3, 0.4) is 0 Å². The number of benzene rings is 2. The molecule has 4 rings (SSSR count). The Bertz CT molecular complexity index is 1200. The van der Waals surface area contributed by atoms with Crippen LogP contribution in [0.4, 0.5) is 17.6 Å². The highest BCUT2D eigenvalue weighted by Crippen LogP contribution is 2.45. The van der Waals surface area contributed by atoms with Crippen molar-refractivity contribution in [2.45, 2.75) is 13.3 Å². The highest BCUT2D eigenvalue weighted by molar-refractivity contribution is 5.80. The first-order valence-corrected chi connectivity index (χ1v) is 8.27. The van der Waals surface area contributed by atoms with E-state index in [0.29, 0.717) is 11.0 Å². The summed E-state index contributed by atoms with van der Waals surface area (Å²) in [6.07, 6.45) is 1.46. The fourth-order valence-corrected chi connectivity index (χ4v) is 3.29. The van der Waals surface area contributed by atoms with Crippen molar-refractivity contribution in [3.05, 3.63) is 59.4 Å². The molecule has 0 saturated carbocycles. The Morgan fingerprint density at radius 3 is 2.36 bits per heavy atom. The molecule has 0 aliphatic carbocycles. The summed E-state index contributed by atoms with van der Waals surface area (Å²) in [5.74, 6) is -7.79. The summed E-state index contributed by atoms with van der Waals surface area (Å²) >= 11 is 0. The average molecular weight is 391 g/mol. The lowest BCUT2D eigenvalue weighted by molar-refractivity contribution is 0.385. The molecule has 0 radical (unpaired) electrons. The third kappa shape index (κ3) is 2.43. The number of hydrogen-bond acceptors (Lipinski definition) is 3. The predicted octanol–water partition coefficient (Wildman–Crippen LogP) is 4.55. The monoisotopic (exact) mass is 391 g/mol. The predicted molar refractivity (Wildman–Crippen MR) is 93.4 cm³/mol. The first-order chi connectivity index (χ1) is 13.3. The van der Waals surface area contributed by atoms with Crippen molar-refractivity contribution in [3.63, 3.8) is 0 Å². The Labute approximate surface area is 155 Å². The molecule has 5 nitrogen and oxygen atoms in total. The van der Waals surface area contributed by atoms with Gasteiger partial charge in [0, 0.05) is 11.6 Å². The van der Waals surface area contributed by atoms with E-state index in [-0.39, 0.29) is 29.4 Å². The van der Waals surface area contributed by atoms with Gasteiger partial charge in [0.15, 0.2) is 29.0 Å². The molecule has 0 amide bonds. The van der Waals surface area contributed by atoms with Crippen LogP contribution in [0.15, 0.2) is 30.6 Å². The molecule has 0 bridgehead atoms. The first kappa shape index (κ1) is 17.9. The molecule has 0 atom stereocenters. The van der Waals surface area contributed by atoms with Gasteiger partial charge in [0.05, 0.1) is 34.3 Å². The molecule has 0 unspecified atom stereocenters. The summed E-state index contributed by atoms with van der Waals surface area (Å²) in [5, 5.41) is 20.7. The molecule has 28 heavy (non-hydrogen) atoms. The largest absolute Gasteiger partial charge is 0.503 e. The Morgan fingerprint density at radius 1 is 1.04 bits per heavy atom. The molecular formula is C19H13F4N3O2. The maximum absolute atomic E-state index is 14.5. The fraction of sp³-hybridized carbons (Fsp3) is 0.105. The molecule has 0 fully saturated rings. The number of H-pyrrole nitrogens is 1. The minimum atomic E-state index is -1.63. The maximum atomic E-state index is 14.5. The van der Waals surface area contributed by atoms with Crippen LogP contribution in [0.1, 0.15) is 12.5 Å². The second-order valence-corrected chi connectivity index (χ2v) is 6.14. The number of aromatic hydroxyl groups is 2. The van der Waals surface area contributed by atoms with E-state index in [2.05, 4.69) is 9.97 Å². The number of aromatic nitrogens is 3. The van der Waals surface area contributed by atoms with E-state index in [1.807, 2.05) is 0 Å². The lowest BCUT2D eigenvalue weighted by Gasteiger charge is -2.14. The van der Waals surface area contributed by atoms with Crippen molar-refractivity contribution in [2.75, 3.05) is 0 Å². The molecule has 4 aromatic rings. The molecule has 0 saturated heterocycles. The van der Waals surface area contributed by atoms with Gasteiger partial charge in [-0.05, 0) is 24.6 Å². The van der Waals surface area contributed by atoms with E-state index in [9.17, 15) is 27.8 Å².